The van der Waals surface area contributed by atoms with Gasteiger partial charge in [0.1, 0.15) is 5.82 Å². The maximum atomic E-state index is 5.61. The van der Waals surface area contributed by atoms with Gasteiger partial charge in [-0.1, -0.05) is 13.8 Å². The van der Waals surface area contributed by atoms with Gasteiger partial charge in [-0.2, -0.15) is 0 Å². The minimum atomic E-state index is 0.125. The maximum absolute atomic E-state index is 5.61. The van der Waals surface area contributed by atoms with Gasteiger partial charge in [-0.3, -0.25) is 11.3 Å². The van der Waals surface area contributed by atoms with Crippen LogP contribution in [0.3, 0.4) is 0 Å². The van der Waals surface area contributed by atoms with Gasteiger partial charge in [0.05, 0.1) is 6.10 Å². The number of nitrogens with one attached hydrogen (secondary N) is 1. The molecule has 17 heavy (non-hydrogen) atoms. The SMILES string of the molecule is COC(C(C)C)C(CCc1nccn1C)NN. The highest BCUT2D eigenvalue weighted by atomic mass is 16.5. The topological polar surface area (TPSA) is 65.1 Å². The lowest BCUT2D eigenvalue weighted by atomic mass is 9.96. The van der Waals surface area contributed by atoms with E-state index >= 15 is 0 Å². The smallest absolute Gasteiger partial charge is 0.108 e. The highest BCUT2D eigenvalue weighted by molar-refractivity contribution is 4.93. The van der Waals surface area contributed by atoms with Crippen molar-refractivity contribution >= 4 is 0 Å². The first kappa shape index (κ1) is 14.2. The van der Waals surface area contributed by atoms with Crippen LogP contribution in [0.15, 0.2) is 12.4 Å². The van der Waals surface area contributed by atoms with E-state index < -0.39 is 0 Å². The number of hydrogen-bond donors (Lipinski definition) is 2. The molecule has 0 bridgehead atoms. The minimum absolute atomic E-state index is 0.125. The van der Waals surface area contributed by atoms with Crippen LogP contribution in [-0.2, 0) is 18.2 Å². The van der Waals surface area contributed by atoms with Gasteiger partial charge in [-0.25, -0.2) is 4.98 Å². The Morgan fingerprint density at radius 2 is 2.24 bits per heavy atom. The van der Waals surface area contributed by atoms with Crippen molar-refractivity contribution in [3.05, 3.63) is 18.2 Å². The zero-order valence-corrected chi connectivity index (χ0v) is 11.2. The second kappa shape index (κ2) is 6.74. The first-order valence-corrected chi connectivity index (χ1v) is 6.05. The number of ether oxygens (including phenoxy) is 1. The van der Waals surface area contributed by atoms with Gasteiger partial charge >= 0.3 is 0 Å². The van der Waals surface area contributed by atoms with Crippen LogP contribution in [0, 0.1) is 5.92 Å². The lowest BCUT2D eigenvalue weighted by molar-refractivity contribution is 0.0306. The Labute approximate surface area is 103 Å². The lowest BCUT2D eigenvalue weighted by Crippen LogP contribution is -2.47. The monoisotopic (exact) mass is 240 g/mol. The average Bonchev–Trinajstić information content (AvgIpc) is 2.69. The number of aryl methyl sites for hydroxylation is 2. The van der Waals surface area contributed by atoms with Crippen LogP contribution in [-0.4, -0.2) is 28.8 Å². The van der Waals surface area contributed by atoms with E-state index in [0.29, 0.717) is 5.92 Å². The zero-order chi connectivity index (χ0) is 12.8. The van der Waals surface area contributed by atoms with E-state index in [0.717, 1.165) is 18.7 Å². The van der Waals surface area contributed by atoms with Crippen LogP contribution in [0.25, 0.3) is 0 Å². The summed E-state index contributed by atoms with van der Waals surface area (Å²) in [7, 11) is 3.74. The highest BCUT2D eigenvalue weighted by Crippen LogP contribution is 2.14. The van der Waals surface area contributed by atoms with Crippen molar-refractivity contribution in [3.63, 3.8) is 0 Å². The maximum Gasteiger partial charge on any atom is 0.108 e. The molecule has 0 aromatic carbocycles. The number of hydrogen-bond acceptors (Lipinski definition) is 4. The van der Waals surface area contributed by atoms with E-state index in [9.17, 15) is 0 Å². The lowest BCUT2D eigenvalue weighted by Gasteiger charge is -2.28. The molecule has 1 aromatic heterocycles. The quantitative estimate of drug-likeness (QED) is 0.548. The summed E-state index contributed by atoms with van der Waals surface area (Å²) in [5.41, 5.74) is 2.85. The fraction of sp³-hybridized carbons (Fsp3) is 0.750. The third kappa shape index (κ3) is 3.80. The van der Waals surface area contributed by atoms with Crippen LogP contribution in [0.4, 0.5) is 0 Å². The molecule has 2 atom stereocenters. The molecule has 0 saturated heterocycles. The van der Waals surface area contributed by atoms with E-state index in [-0.39, 0.29) is 12.1 Å². The Morgan fingerprint density at radius 3 is 2.65 bits per heavy atom. The fourth-order valence-electron chi connectivity index (χ4n) is 2.17. The summed E-state index contributed by atoms with van der Waals surface area (Å²) in [5, 5.41) is 0. The molecule has 0 fully saturated rings. The molecule has 0 aliphatic heterocycles. The van der Waals surface area contributed by atoms with Crippen molar-refractivity contribution < 1.29 is 4.74 Å². The van der Waals surface area contributed by atoms with Gasteiger partial charge in [0.2, 0.25) is 0 Å². The second-order valence-corrected chi connectivity index (χ2v) is 4.71. The van der Waals surface area contributed by atoms with Crippen LogP contribution < -0.4 is 11.3 Å². The van der Waals surface area contributed by atoms with Crippen molar-refractivity contribution in [1.82, 2.24) is 15.0 Å². The predicted molar refractivity (Wildman–Crippen MR) is 68.3 cm³/mol. The summed E-state index contributed by atoms with van der Waals surface area (Å²) in [4.78, 5) is 4.31. The molecule has 0 saturated carbocycles. The number of nitrogens with zero attached hydrogens (tertiary/aromatic N) is 2. The van der Waals surface area contributed by atoms with Gasteiger partial charge in [0.25, 0.3) is 0 Å². The zero-order valence-electron chi connectivity index (χ0n) is 11.2. The first-order valence-electron chi connectivity index (χ1n) is 6.05. The van der Waals surface area contributed by atoms with Crippen molar-refractivity contribution in [1.29, 1.82) is 0 Å². The summed E-state index contributed by atoms with van der Waals surface area (Å²) in [6.45, 7) is 4.28. The summed E-state index contributed by atoms with van der Waals surface area (Å²) in [6.07, 6.45) is 5.70. The first-order chi connectivity index (χ1) is 8.10. The molecular formula is C12H24N4O. The average molecular weight is 240 g/mol. The standard InChI is InChI=1S/C12H24N4O/c1-9(2)12(17-4)10(15-13)5-6-11-14-7-8-16(11)3/h7-10,12,15H,5-6,13H2,1-4H3. The summed E-state index contributed by atoms with van der Waals surface area (Å²) in [5.74, 6) is 7.11. The summed E-state index contributed by atoms with van der Waals surface area (Å²) < 4.78 is 7.53. The molecule has 1 heterocycles. The van der Waals surface area contributed by atoms with Gasteiger partial charge < -0.3 is 9.30 Å². The molecule has 0 aliphatic carbocycles. The van der Waals surface area contributed by atoms with Crippen LogP contribution in [0.5, 0.6) is 0 Å². The van der Waals surface area contributed by atoms with Crippen LogP contribution in [0.1, 0.15) is 26.1 Å². The number of imidazole rings is 1. The van der Waals surface area contributed by atoms with Crippen molar-refractivity contribution in [3.8, 4) is 0 Å². The molecule has 0 radical (unpaired) electrons. The fourth-order valence-corrected chi connectivity index (χ4v) is 2.17. The molecule has 1 aromatic rings. The molecular weight excluding hydrogens is 216 g/mol. The molecule has 5 heteroatoms. The van der Waals surface area contributed by atoms with Crippen molar-refractivity contribution in [2.45, 2.75) is 38.8 Å². The van der Waals surface area contributed by atoms with Gasteiger partial charge in [0.15, 0.2) is 0 Å². The third-order valence-corrected chi connectivity index (χ3v) is 3.14. The van der Waals surface area contributed by atoms with E-state index in [2.05, 4.69) is 24.3 Å². The Balaban J connectivity index is 2.55. The van der Waals surface area contributed by atoms with Crippen LogP contribution >= 0.6 is 0 Å². The van der Waals surface area contributed by atoms with Gasteiger partial charge in [0, 0.05) is 39.0 Å². The molecule has 0 spiro atoms. The minimum Gasteiger partial charge on any atom is -0.380 e. The number of methoxy groups -OCH3 is 1. The Bertz CT molecular complexity index is 324. The molecule has 3 N–H and O–H groups in total. The summed E-state index contributed by atoms with van der Waals surface area (Å²) >= 11 is 0. The Morgan fingerprint density at radius 1 is 1.53 bits per heavy atom. The van der Waals surface area contributed by atoms with Gasteiger partial charge in [-0.05, 0) is 12.3 Å². The molecule has 5 nitrogen and oxygen atoms in total. The molecule has 2 unspecified atom stereocenters. The van der Waals surface area contributed by atoms with E-state index in [1.54, 1.807) is 7.11 Å². The van der Waals surface area contributed by atoms with E-state index in [1.165, 1.54) is 0 Å². The van der Waals surface area contributed by atoms with E-state index in [1.807, 2.05) is 24.0 Å². The Hall–Kier alpha value is -0.910. The predicted octanol–water partition coefficient (Wildman–Crippen LogP) is 0.856. The largest absolute Gasteiger partial charge is 0.380 e. The third-order valence-electron chi connectivity index (χ3n) is 3.14. The number of hydrazine groups is 1. The molecule has 1 rings (SSSR count). The number of nitrogens with two attached hydrogens (primary N) is 1. The molecule has 98 valence electrons. The second-order valence-electron chi connectivity index (χ2n) is 4.71. The Kier molecular flexibility index (Phi) is 5.61. The molecule has 0 aliphatic rings. The van der Waals surface area contributed by atoms with Gasteiger partial charge in [-0.15, -0.1) is 0 Å². The summed E-state index contributed by atoms with van der Waals surface area (Å²) in [6, 6.07) is 0.150. The normalized spacial score (nSPS) is 15.2. The van der Waals surface area contributed by atoms with Crippen molar-refractivity contribution in [2.75, 3.05) is 7.11 Å². The van der Waals surface area contributed by atoms with Crippen LogP contribution in [0.2, 0.25) is 0 Å². The highest BCUT2D eigenvalue weighted by Gasteiger charge is 2.23. The van der Waals surface area contributed by atoms with E-state index in [4.69, 9.17) is 10.6 Å². The number of aromatic nitrogens is 2. The molecule has 0 amide bonds. The van der Waals surface area contributed by atoms with Crippen molar-refractivity contribution in [2.24, 2.45) is 18.8 Å². The number of rotatable bonds is 7.